The number of fused-ring (bicyclic) bond motifs is 12. The highest BCUT2D eigenvalue weighted by atomic mass is 15.0. The second-order valence-corrected chi connectivity index (χ2v) is 15.5. The van der Waals surface area contributed by atoms with E-state index in [2.05, 4.69) is 187 Å². The number of allylic oxidation sites excluding steroid dienone is 5. The topological polar surface area (TPSA) is 30.2 Å². The molecule has 56 heavy (non-hydrogen) atoms. The monoisotopic (exact) mass is 713 g/mol. The van der Waals surface area contributed by atoms with Gasteiger partial charge < -0.3 is 0 Å². The molecule has 0 saturated heterocycles. The third kappa shape index (κ3) is 4.34. The average molecular weight is 714 g/mol. The normalized spacial score (nSPS) is 17.9. The predicted octanol–water partition coefficient (Wildman–Crippen LogP) is 12.9. The summed E-state index contributed by atoms with van der Waals surface area (Å²) in [5, 5.41) is 7.27. The molecule has 0 bridgehead atoms. The fourth-order valence-corrected chi connectivity index (χ4v) is 10.0. The van der Waals surface area contributed by atoms with Crippen molar-refractivity contribution >= 4 is 71.2 Å². The molecule has 0 amide bonds. The van der Waals surface area contributed by atoms with Crippen molar-refractivity contribution in [1.82, 2.24) is 14.4 Å². The molecule has 0 spiro atoms. The minimum Gasteiger partial charge on any atom is -0.290 e. The zero-order chi connectivity index (χ0) is 37.0. The Kier molecular flexibility index (Phi) is 6.53. The molecule has 10 aromatic rings. The van der Waals surface area contributed by atoms with E-state index < -0.39 is 0 Å². The van der Waals surface area contributed by atoms with E-state index in [1.165, 1.54) is 60.5 Å². The van der Waals surface area contributed by atoms with E-state index in [4.69, 9.17) is 9.97 Å². The van der Waals surface area contributed by atoms with Gasteiger partial charge in [-0.05, 0) is 115 Å². The lowest BCUT2D eigenvalue weighted by molar-refractivity contribution is 0.467. The molecule has 2 unspecified atom stereocenters. The summed E-state index contributed by atoms with van der Waals surface area (Å²) in [6, 6.07) is 59.8. The van der Waals surface area contributed by atoms with Crippen LogP contribution in [0.2, 0.25) is 0 Å². The van der Waals surface area contributed by atoms with Crippen LogP contribution in [0.5, 0.6) is 0 Å². The van der Waals surface area contributed by atoms with Crippen molar-refractivity contribution in [2.75, 3.05) is 0 Å². The second kappa shape index (κ2) is 11.7. The summed E-state index contributed by atoms with van der Waals surface area (Å²) in [6.07, 6.45) is 9.22. The van der Waals surface area contributed by atoms with Crippen LogP contribution in [0, 0.1) is 5.92 Å². The van der Waals surface area contributed by atoms with Gasteiger partial charge in [-0.25, -0.2) is 4.98 Å². The number of rotatable bonds is 3. The summed E-state index contributed by atoms with van der Waals surface area (Å²) in [7, 11) is 0. The Bertz CT molecular complexity index is 3390. The van der Waals surface area contributed by atoms with Gasteiger partial charge >= 0.3 is 0 Å². The fraction of sp³-hybridized carbons (Fsp3) is 0.0566. The van der Waals surface area contributed by atoms with Crippen molar-refractivity contribution in [2.24, 2.45) is 5.92 Å². The van der Waals surface area contributed by atoms with Crippen LogP contribution in [-0.4, -0.2) is 14.4 Å². The van der Waals surface area contributed by atoms with Gasteiger partial charge in [-0.2, -0.15) is 0 Å². The van der Waals surface area contributed by atoms with E-state index in [9.17, 15) is 0 Å². The van der Waals surface area contributed by atoms with Crippen LogP contribution in [0.1, 0.15) is 34.7 Å². The summed E-state index contributed by atoms with van der Waals surface area (Å²) in [5.74, 6) is 0.0911. The summed E-state index contributed by atoms with van der Waals surface area (Å²) < 4.78 is 2.26. The third-order valence-electron chi connectivity index (χ3n) is 12.6. The molecule has 0 fully saturated rings. The van der Waals surface area contributed by atoms with Crippen LogP contribution in [0.15, 0.2) is 194 Å². The molecule has 12 rings (SSSR count). The number of benzene rings is 7. The molecular weight excluding hydrogens is 679 g/mol. The molecule has 3 aromatic heterocycles. The van der Waals surface area contributed by atoms with Crippen molar-refractivity contribution in [3.63, 3.8) is 0 Å². The summed E-state index contributed by atoms with van der Waals surface area (Å²) >= 11 is 0. The first-order valence-electron chi connectivity index (χ1n) is 19.4. The molecule has 2 aliphatic carbocycles. The lowest BCUT2D eigenvalue weighted by Gasteiger charge is -2.46. The summed E-state index contributed by atoms with van der Waals surface area (Å²) in [5.41, 5.74) is 15.0. The first-order valence-corrected chi connectivity index (χ1v) is 19.4. The van der Waals surface area contributed by atoms with Gasteiger partial charge in [0.25, 0.3) is 0 Å². The molecule has 7 aromatic carbocycles. The lowest BCUT2D eigenvalue weighted by Crippen LogP contribution is -2.38. The van der Waals surface area contributed by atoms with Crippen molar-refractivity contribution in [3.8, 4) is 0 Å². The SMILES string of the molecule is CC1(c2cccc3ccccc23)c2ccccc2C(c2ccc3ccccc3c2)=C2C=C(c3ccc4c(c3)c3ncccc3n3c5ccccc5nc43)C=CC21. The maximum Gasteiger partial charge on any atom is 0.146 e. The molecule has 2 aliphatic rings. The van der Waals surface area contributed by atoms with Crippen molar-refractivity contribution in [1.29, 1.82) is 0 Å². The van der Waals surface area contributed by atoms with E-state index in [0.29, 0.717) is 0 Å². The van der Waals surface area contributed by atoms with Crippen LogP contribution in [0.4, 0.5) is 0 Å². The van der Waals surface area contributed by atoms with Crippen LogP contribution in [0.25, 0.3) is 71.2 Å². The number of hydrogen-bond donors (Lipinski definition) is 0. The van der Waals surface area contributed by atoms with Crippen molar-refractivity contribution in [2.45, 2.75) is 12.3 Å². The maximum absolute atomic E-state index is 5.14. The van der Waals surface area contributed by atoms with Crippen LogP contribution < -0.4 is 0 Å². The first-order chi connectivity index (χ1) is 27.6. The Balaban J connectivity index is 1.13. The second-order valence-electron chi connectivity index (χ2n) is 15.5. The van der Waals surface area contributed by atoms with Crippen LogP contribution in [-0.2, 0) is 5.41 Å². The highest BCUT2D eigenvalue weighted by Crippen LogP contribution is 2.56. The minimum atomic E-state index is -0.330. The van der Waals surface area contributed by atoms with Gasteiger partial charge in [0.1, 0.15) is 5.65 Å². The number of para-hydroxylation sites is 2. The molecule has 3 heteroatoms. The zero-order valence-corrected chi connectivity index (χ0v) is 30.8. The highest BCUT2D eigenvalue weighted by molar-refractivity contribution is 6.13. The van der Waals surface area contributed by atoms with Gasteiger partial charge in [0, 0.05) is 28.3 Å². The Hall–Kier alpha value is -7.10. The Morgan fingerprint density at radius 1 is 0.571 bits per heavy atom. The van der Waals surface area contributed by atoms with E-state index in [0.717, 1.165) is 44.0 Å². The lowest BCUT2D eigenvalue weighted by atomic mass is 9.57. The molecule has 0 aliphatic heterocycles. The predicted molar refractivity (Wildman–Crippen MR) is 233 cm³/mol. The molecule has 3 heterocycles. The van der Waals surface area contributed by atoms with Gasteiger partial charge in [-0.15, -0.1) is 0 Å². The molecule has 2 atom stereocenters. The number of hydrogen-bond acceptors (Lipinski definition) is 2. The standard InChI is InChI=1S/C53H35N3/c1-53(44-19-10-15-34-13-4-5-16-39(34)44)45-18-7-6-17-41(45)50(38-24-23-33-12-2-3-14-35(33)30-38)43-32-37(26-28-46(43)53)36-25-27-40-42(31-36)51-49(22-11-29-54-51)56-48-21-9-8-20-47(48)55-52(40)56/h2-32,46H,1H3. The van der Waals surface area contributed by atoms with E-state index in [1.807, 2.05) is 12.3 Å². The van der Waals surface area contributed by atoms with Crippen molar-refractivity contribution < 1.29 is 0 Å². The maximum atomic E-state index is 5.14. The van der Waals surface area contributed by atoms with Gasteiger partial charge in [-0.3, -0.25) is 9.38 Å². The fourth-order valence-electron chi connectivity index (χ4n) is 10.0. The molecule has 262 valence electrons. The van der Waals surface area contributed by atoms with Crippen LogP contribution >= 0.6 is 0 Å². The van der Waals surface area contributed by atoms with Gasteiger partial charge in [0.2, 0.25) is 0 Å². The Morgan fingerprint density at radius 2 is 1.32 bits per heavy atom. The van der Waals surface area contributed by atoms with Gasteiger partial charge in [0.05, 0.1) is 22.1 Å². The zero-order valence-electron chi connectivity index (χ0n) is 30.8. The average Bonchev–Trinajstić information content (AvgIpc) is 3.66. The van der Waals surface area contributed by atoms with Crippen molar-refractivity contribution in [3.05, 3.63) is 222 Å². The summed E-state index contributed by atoms with van der Waals surface area (Å²) in [4.78, 5) is 10.1. The number of imidazole rings is 1. The number of nitrogens with zero attached hydrogens (tertiary/aromatic N) is 3. The first kappa shape index (κ1) is 31.3. The largest absolute Gasteiger partial charge is 0.290 e. The molecular formula is C53H35N3. The smallest absolute Gasteiger partial charge is 0.146 e. The Labute approximate surface area is 324 Å². The quantitative estimate of drug-likeness (QED) is 0.171. The summed E-state index contributed by atoms with van der Waals surface area (Å²) in [6.45, 7) is 2.46. The van der Waals surface area contributed by atoms with Crippen LogP contribution in [0.3, 0.4) is 0 Å². The van der Waals surface area contributed by atoms with E-state index >= 15 is 0 Å². The highest BCUT2D eigenvalue weighted by Gasteiger charge is 2.45. The van der Waals surface area contributed by atoms with E-state index in [1.54, 1.807) is 0 Å². The minimum absolute atomic E-state index is 0.0911. The van der Waals surface area contributed by atoms with Gasteiger partial charge in [-0.1, -0.05) is 140 Å². The number of aromatic nitrogens is 3. The molecule has 0 radical (unpaired) electrons. The Morgan fingerprint density at radius 3 is 2.27 bits per heavy atom. The van der Waals surface area contributed by atoms with Gasteiger partial charge in [0.15, 0.2) is 0 Å². The molecule has 0 N–H and O–H groups in total. The number of pyridine rings is 2. The molecule has 0 saturated carbocycles. The third-order valence-corrected chi connectivity index (χ3v) is 12.6. The molecule has 3 nitrogen and oxygen atoms in total. The van der Waals surface area contributed by atoms with E-state index in [-0.39, 0.29) is 11.3 Å².